The van der Waals surface area contributed by atoms with Gasteiger partial charge in [0.05, 0.1) is 4.08 Å². The monoisotopic (exact) mass is 216 g/mol. The molecule has 0 aromatic rings. The lowest BCUT2D eigenvalue weighted by Gasteiger charge is -2.25. The minimum Gasteiger partial charge on any atom is -0.148 e. The molecule has 0 aromatic carbocycles. The van der Waals surface area contributed by atoms with Gasteiger partial charge in [0.15, 0.2) is 0 Å². The first kappa shape index (κ1) is 13.2. The average molecular weight is 216 g/mol. The molecule has 0 saturated carbocycles. The molecule has 76 valence electrons. The zero-order chi connectivity index (χ0) is 10.3. The van der Waals surface area contributed by atoms with E-state index in [2.05, 4.69) is 39.7 Å². The van der Waals surface area contributed by atoms with Crippen molar-refractivity contribution in [3.05, 3.63) is 24.3 Å². The molecule has 0 spiro atoms. The molecule has 2 heteroatoms. The van der Waals surface area contributed by atoms with Crippen molar-refractivity contribution in [2.75, 3.05) is 12.0 Å². The van der Waals surface area contributed by atoms with Crippen LogP contribution in [-0.4, -0.2) is 16.1 Å². The summed E-state index contributed by atoms with van der Waals surface area (Å²) in [5, 5.41) is 0. The first-order valence-corrected chi connectivity index (χ1v) is 6.68. The van der Waals surface area contributed by atoms with Gasteiger partial charge in [-0.1, -0.05) is 17.7 Å². The molecule has 0 aliphatic heterocycles. The second kappa shape index (κ2) is 6.61. The van der Waals surface area contributed by atoms with Crippen LogP contribution in [0, 0.1) is 0 Å². The maximum atomic E-state index is 3.75. The minimum absolute atomic E-state index is 0.311. The average Bonchev–Trinajstić information content (AvgIpc) is 2.11. The zero-order valence-electron chi connectivity index (χ0n) is 9.09. The van der Waals surface area contributed by atoms with Crippen LogP contribution in [-0.2, 0) is 0 Å². The quantitative estimate of drug-likeness (QED) is 0.478. The predicted molar refractivity (Wildman–Crippen MR) is 68.6 cm³/mol. The minimum atomic E-state index is 0.311. The second-order valence-electron chi connectivity index (χ2n) is 3.42. The number of hydrogen-bond donors (Lipinski definition) is 0. The smallest absolute Gasteiger partial charge is 0.0617 e. The van der Waals surface area contributed by atoms with Crippen LogP contribution in [0.1, 0.15) is 27.2 Å². The summed E-state index contributed by atoms with van der Waals surface area (Å²) in [6.07, 6.45) is 7.60. The highest BCUT2D eigenvalue weighted by atomic mass is 32.2. The Balaban J connectivity index is 4.10. The molecule has 0 saturated heterocycles. The summed E-state index contributed by atoms with van der Waals surface area (Å²) in [6, 6.07) is 0. The van der Waals surface area contributed by atoms with E-state index in [0.717, 1.165) is 12.2 Å². The van der Waals surface area contributed by atoms with Gasteiger partial charge < -0.3 is 0 Å². The molecule has 0 aromatic heterocycles. The van der Waals surface area contributed by atoms with E-state index in [1.807, 2.05) is 29.6 Å². The van der Waals surface area contributed by atoms with E-state index in [-0.39, 0.29) is 0 Å². The third kappa shape index (κ3) is 6.28. The molecule has 0 N–H and O–H groups in total. The van der Waals surface area contributed by atoms with Gasteiger partial charge in [-0.15, -0.1) is 30.1 Å². The maximum absolute atomic E-state index is 3.75. The van der Waals surface area contributed by atoms with Gasteiger partial charge >= 0.3 is 0 Å². The normalized spacial score (nSPS) is 14.8. The van der Waals surface area contributed by atoms with Crippen LogP contribution in [0.2, 0.25) is 0 Å². The Morgan fingerprint density at radius 2 is 2.08 bits per heavy atom. The number of thioether (sulfide) groups is 2. The fourth-order valence-electron chi connectivity index (χ4n) is 0.826. The maximum Gasteiger partial charge on any atom is 0.0617 e. The summed E-state index contributed by atoms with van der Waals surface area (Å²) in [6.45, 7) is 10.3. The van der Waals surface area contributed by atoms with Crippen molar-refractivity contribution in [1.82, 2.24) is 0 Å². The van der Waals surface area contributed by atoms with Crippen molar-refractivity contribution in [3.63, 3.8) is 0 Å². The van der Waals surface area contributed by atoms with Crippen LogP contribution >= 0.6 is 23.5 Å². The van der Waals surface area contributed by atoms with Crippen molar-refractivity contribution in [3.8, 4) is 0 Å². The van der Waals surface area contributed by atoms with Crippen LogP contribution in [0.5, 0.6) is 0 Å². The Bertz CT molecular complexity index is 181. The van der Waals surface area contributed by atoms with Crippen molar-refractivity contribution >= 4 is 23.5 Å². The third-order valence-corrected chi connectivity index (χ3v) is 4.88. The molecule has 0 aliphatic rings. The Labute approximate surface area is 91.3 Å². The molecule has 0 radical (unpaired) electrons. The van der Waals surface area contributed by atoms with E-state index in [4.69, 9.17) is 0 Å². The molecule has 1 atom stereocenters. The lowest BCUT2D eigenvalue weighted by Crippen LogP contribution is -2.13. The number of allylic oxidation sites excluding steroid dienone is 2. The molecular formula is C11H20S2. The summed E-state index contributed by atoms with van der Waals surface area (Å²) in [5.41, 5.74) is 1.40. The molecule has 0 bridgehead atoms. The van der Waals surface area contributed by atoms with Gasteiger partial charge in [-0.2, -0.15) is 0 Å². The summed E-state index contributed by atoms with van der Waals surface area (Å²) in [5.74, 6) is 1.04. The first-order chi connectivity index (χ1) is 6.04. The highest BCUT2D eigenvalue weighted by Crippen LogP contribution is 2.38. The molecule has 0 heterocycles. The summed E-state index contributed by atoms with van der Waals surface area (Å²) < 4.78 is 0.311. The highest BCUT2D eigenvalue weighted by Gasteiger charge is 2.20. The summed E-state index contributed by atoms with van der Waals surface area (Å²) >= 11 is 3.89. The van der Waals surface area contributed by atoms with E-state index in [9.17, 15) is 0 Å². The van der Waals surface area contributed by atoms with Gasteiger partial charge in [0.1, 0.15) is 0 Å². The van der Waals surface area contributed by atoms with Crippen LogP contribution in [0.15, 0.2) is 24.3 Å². The summed E-state index contributed by atoms with van der Waals surface area (Å²) in [7, 11) is 0. The topological polar surface area (TPSA) is 0 Å². The lowest BCUT2D eigenvalue weighted by molar-refractivity contribution is 0.907. The van der Waals surface area contributed by atoms with E-state index >= 15 is 0 Å². The Hall–Kier alpha value is 0.180. The van der Waals surface area contributed by atoms with Crippen LogP contribution in [0.25, 0.3) is 0 Å². The molecular weight excluding hydrogens is 196 g/mol. The Morgan fingerprint density at radius 3 is 2.46 bits per heavy atom. The van der Waals surface area contributed by atoms with Gasteiger partial charge in [-0.05, 0) is 33.4 Å². The van der Waals surface area contributed by atoms with Crippen molar-refractivity contribution in [2.45, 2.75) is 31.3 Å². The first-order valence-electron chi connectivity index (χ1n) is 4.47. The second-order valence-corrected chi connectivity index (χ2v) is 6.51. The lowest BCUT2D eigenvalue weighted by atomic mass is 10.2. The molecule has 0 amide bonds. The number of rotatable bonds is 6. The van der Waals surface area contributed by atoms with Crippen LogP contribution < -0.4 is 0 Å². The SMILES string of the molecule is C=CCSC(C)(CC=C(C)C)SC. The van der Waals surface area contributed by atoms with Crippen LogP contribution in [0.3, 0.4) is 0 Å². The summed E-state index contributed by atoms with van der Waals surface area (Å²) in [4.78, 5) is 0. The Morgan fingerprint density at radius 1 is 1.46 bits per heavy atom. The van der Waals surface area contributed by atoms with E-state index in [1.165, 1.54) is 5.57 Å². The molecule has 13 heavy (non-hydrogen) atoms. The van der Waals surface area contributed by atoms with Gasteiger partial charge in [0.25, 0.3) is 0 Å². The fraction of sp³-hybridized carbons (Fsp3) is 0.636. The van der Waals surface area contributed by atoms with Gasteiger partial charge in [-0.3, -0.25) is 0 Å². The standard InChI is InChI=1S/C11H20S2/c1-6-9-13-11(4,12-5)8-7-10(2)3/h6-7H,1,8-9H2,2-5H3. The van der Waals surface area contributed by atoms with E-state index < -0.39 is 0 Å². The van der Waals surface area contributed by atoms with Crippen molar-refractivity contribution < 1.29 is 0 Å². The van der Waals surface area contributed by atoms with Crippen molar-refractivity contribution in [2.24, 2.45) is 0 Å². The Kier molecular flexibility index (Phi) is 6.70. The third-order valence-electron chi connectivity index (χ3n) is 1.82. The van der Waals surface area contributed by atoms with Gasteiger partial charge in [-0.25, -0.2) is 0 Å². The van der Waals surface area contributed by atoms with Gasteiger partial charge in [0, 0.05) is 5.75 Å². The molecule has 0 rings (SSSR count). The number of hydrogen-bond acceptors (Lipinski definition) is 2. The molecule has 0 aliphatic carbocycles. The van der Waals surface area contributed by atoms with Crippen LogP contribution in [0.4, 0.5) is 0 Å². The fourth-order valence-corrected chi connectivity index (χ4v) is 2.42. The van der Waals surface area contributed by atoms with E-state index in [0.29, 0.717) is 4.08 Å². The largest absolute Gasteiger partial charge is 0.148 e. The van der Waals surface area contributed by atoms with Crippen molar-refractivity contribution in [1.29, 1.82) is 0 Å². The predicted octanol–water partition coefficient (Wildman–Crippen LogP) is 4.34. The molecule has 0 nitrogen and oxygen atoms in total. The zero-order valence-corrected chi connectivity index (χ0v) is 10.7. The van der Waals surface area contributed by atoms with Gasteiger partial charge in [0.2, 0.25) is 0 Å². The van der Waals surface area contributed by atoms with E-state index in [1.54, 1.807) is 0 Å². The molecule has 0 fully saturated rings. The molecule has 1 unspecified atom stereocenters. The highest BCUT2D eigenvalue weighted by molar-refractivity contribution is 8.17.